The van der Waals surface area contributed by atoms with Gasteiger partial charge in [0.15, 0.2) is 5.13 Å². The number of nitrogens with two attached hydrogens (primary N) is 1. The molecule has 0 atom stereocenters. The van der Waals surface area contributed by atoms with Gasteiger partial charge < -0.3 is 14.9 Å². The highest BCUT2D eigenvalue weighted by atomic mass is 32.1. The number of aromatic nitrogens is 1. The molecular weight excluding hydrogens is 326 g/mol. The molecule has 0 aliphatic heterocycles. The van der Waals surface area contributed by atoms with Gasteiger partial charge in [-0.3, -0.25) is 10.1 Å². The number of benzene rings is 2. The first-order valence-electron chi connectivity index (χ1n) is 7.18. The van der Waals surface area contributed by atoms with E-state index in [-0.39, 0.29) is 5.76 Å². The van der Waals surface area contributed by atoms with Gasteiger partial charge in [0.2, 0.25) is 5.76 Å². The molecule has 0 bridgehead atoms. The summed E-state index contributed by atoms with van der Waals surface area (Å²) in [5, 5.41) is 3.94. The number of fused-ring (bicyclic) bond motifs is 2. The molecule has 2 aromatic heterocycles. The Morgan fingerprint density at radius 1 is 1.29 bits per heavy atom. The lowest BCUT2D eigenvalue weighted by Crippen LogP contribution is -2.12. The fraction of sp³-hybridized carbons (Fsp3) is 0.0588. The number of hydrogen-bond acceptors (Lipinski definition) is 6. The highest BCUT2D eigenvalue weighted by Crippen LogP contribution is 2.31. The number of anilines is 2. The molecule has 7 heteroatoms. The molecular formula is C17H13N3O3S. The summed E-state index contributed by atoms with van der Waals surface area (Å²) in [7, 11) is 1.61. The molecule has 6 nitrogen and oxygen atoms in total. The van der Waals surface area contributed by atoms with Crippen molar-refractivity contribution in [3.63, 3.8) is 0 Å². The van der Waals surface area contributed by atoms with E-state index in [9.17, 15) is 4.79 Å². The molecule has 0 unspecified atom stereocenters. The fourth-order valence-corrected chi connectivity index (χ4v) is 3.36. The number of rotatable bonds is 3. The van der Waals surface area contributed by atoms with Crippen LogP contribution in [-0.4, -0.2) is 18.0 Å². The maximum absolute atomic E-state index is 12.5. The summed E-state index contributed by atoms with van der Waals surface area (Å²) in [5.74, 6) is 0.410. The highest BCUT2D eigenvalue weighted by Gasteiger charge is 2.19. The molecule has 0 spiro atoms. The van der Waals surface area contributed by atoms with E-state index in [1.165, 1.54) is 11.3 Å². The van der Waals surface area contributed by atoms with Crippen molar-refractivity contribution < 1.29 is 13.9 Å². The minimum absolute atomic E-state index is 0.0908. The van der Waals surface area contributed by atoms with Gasteiger partial charge in [-0.25, -0.2) is 4.98 Å². The standard InChI is InChI=1S/C17H13N3O3S/c1-22-9-6-7-11-13(8-9)24-17(19-11)20-16(21)15-14(18)10-4-2-3-5-12(10)23-15/h2-8H,18H2,1H3,(H,19,20,21). The normalized spacial score (nSPS) is 11.0. The van der Waals surface area contributed by atoms with Crippen molar-refractivity contribution in [1.29, 1.82) is 0 Å². The van der Waals surface area contributed by atoms with Crippen molar-refractivity contribution in [2.24, 2.45) is 0 Å². The first kappa shape index (κ1) is 14.5. The van der Waals surface area contributed by atoms with Crippen molar-refractivity contribution in [3.8, 4) is 5.75 Å². The number of nitrogens with one attached hydrogen (secondary N) is 1. The van der Waals surface area contributed by atoms with Crippen LogP contribution in [0.4, 0.5) is 10.8 Å². The van der Waals surface area contributed by atoms with E-state index in [2.05, 4.69) is 10.3 Å². The number of nitrogen functional groups attached to an aromatic ring is 1. The molecule has 0 saturated carbocycles. The van der Waals surface area contributed by atoms with Gasteiger partial charge in [0.05, 0.1) is 23.0 Å². The third-order valence-electron chi connectivity index (χ3n) is 3.66. The third kappa shape index (κ3) is 2.35. The molecule has 2 aromatic carbocycles. The van der Waals surface area contributed by atoms with Gasteiger partial charge in [0.1, 0.15) is 11.3 Å². The fourth-order valence-electron chi connectivity index (χ4n) is 2.47. The number of para-hydroxylation sites is 1. The monoisotopic (exact) mass is 339 g/mol. The minimum atomic E-state index is -0.422. The van der Waals surface area contributed by atoms with Gasteiger partial charge in [-0.15, -0.1) is 0 Å². The molecule has 0 saturated heterocycles. The van der Waals surface area contributed by atoms with Crippen LogP contribution in [0.1, 0.15) is 10.6 Å². The molecule has 4 rings (SSSR count). The number of hydrogen-bond donors (Lipinski definition) is 2. The average Bonchev–Trinajstić information content (AvgIpc) is 3.15. The van der Waals surface area contributed by atoms with Gasteiger partial charge in [0, 0.05) is 5.39 Å². The summed E-state index contributed by atoms with van der Waals surface area (Å²) < 4.78 is 11.7. The Morgan fingerprint density at radius 2 is 2.12 bits per heavy atom. The van der Waals surface area contributed by atoms with E-state index < -0.39 is 5.91 Å². The van der Waals surface area contributed by atoms with Gasteiger partial charge in [-0.2, -0.15) is 0 Å². The lowest BCUT2D eigenvalue weighted by molar-refractivity contribution is 0.1000. The smallest absolute Gasteiger partial charge is 0.295 e. The van der Waals surface area contributed by atoms with Crippen LogP contribution in [-0.2, 0) is 0 Å². The molecule has 3 N–H and O–H groups in total. The van der Waals surface area contributed by atoms with Crippen molar-refractivity contribution in [2.45, 2.75) is 0 Å². The zero-order chi connectivity index (χ0) is 16.7. The van der Waals surface area contributed by atoms with Crippen LogP contribution < -0.4 is 15.8 Å². The number of nitrogens with zero attached hydrogens (tertiary/aromatic N) is 1. The summed E-state index contributed by atoms with van der Waals surface area (Å²) in [6, 6.07) is 12.8. The van der Waals surface area contributed by atoms with E-state index in [0.29, 0.717) is 16.4 Å². The molecule has 0 radical (unpaired) electrons. The number of carbonyl (C=O) groups is 1. The van der Waals surface area contributed by atoms with Gasteiger partial charge >= 0.3 is 0 Å². The lowest BCUT2D eigenvalue weighted by atomic mass is 10.2. The Balaban J connectivity index is 1.66. The summed E-state index contributed by atoms with van der Waals surface area (Å²) >= 11 is 1.36. The zero-order valence-corrected chi connectivity index (χ0v) is 13.5. The van der Waals surface area contributed by atoms with E-state index in [1.54, 1.807) is 13.2 Å². The molecule has 2 heterocycles. The van der Waals surface area contributed by atoms with E-state index in [1.807, 2.05) is 36.4 Å². The van der Waals surface area contributed by atoms with Crippen LogP contribution in [0.2, 0.25) is 0 Å². The summed E-state index contributed by atoms with van der Waals surface area (Å²) in [4.78, 5) is 16.8. The molecule has 4 aromatic rings. The summed E-state index contributed by atoms with van der Waals surface area (Å²) in [6.07, 6.45) is 0. The predicted octanol–water partition coefficient (Wildman–Crippen LogP) is 3.89. The van der Waals surface area contributed by atoms with E-state index >= 15 is 0 Å². The Labute approximate surface area is 140 Å². The van der Waals surface area contributed by atoms with Crippen LogP contribution in [0.3, 0.4) is 0 Å². The topological polar surface area (TPSA) is 90.4 Å². The Kier molecular flexibility index (Phi) is 3.35. The molecule has 0 fully saturated rings. The van der Waals surface area contributed by atoms with Gasteiger partial charge in [-0.1, -0.05) is 23.5 Å². The Hall–Kier alpha value is -3.06. The number of methoxy groups -OCH3 is 1. The second kappa shape index (κ2) is 5.54. The lowest BCUT2D eigenvalue weighted by Gasteiger charge is -1.98. The van der Waals surface area contributed by atoms with E-state index in [0.717, 1.165) is 21.4 Å². The highest BCUT2D eigenvalue weighted by molar-refractivity contribution is 7.22. The second-order valence-corrected chi connectivity index (χ2v) is 6.18. The van der Waals surface area contributed by atoms with Crippen molar-refractivity contribution in [2.75, 3.05) is 18.2 Å². The van der Waals surface area contributed by atoms with Gasteiger partial charge in [0.25, 0.3) is 5.91 Å². The van der Waals surface area contributed by atoms with Crippen LogP contribution >= 0.6 is 11.3 Å². The Morgan fingerprint density at radius 3 is 2.92 bits per heavy atom. The van der Waals surface area contributed by atoms with Crippen molar-refractivity contribution in [1.82, 2.24) is 4.98 Å². The zero-order valence-electron chi connectivity index (χ0n) is 12.7. The number of furan rings is 1. The number of amides is 1. The molecule has 24 heavy (non-hydrogen) atoms. The summed E-state index contributed by atoms with van der Waals surface area (Å²) in [5.41, 5.74) is 7.71. The van der Waals surface area contributed by atoms with Crippen LogP contribution in [0.25, 0.3) is 21.2 Å². The van der Waals surface area contributed by atoms with Crippen LogP contribution in [0.5, 0.6) is 5.75 Å². The number of ether oxygens (including phenoxy) is 1. The van der Waals surface area contributed by atoms with Crippen LogP contribution in [0, 0.1) is 0 Å². The molecule has 0 aliphatic rings. The quantitative estimate of drug-likeness (QED) is 0.591. The first-order valence-corrected chi connectivity index (χ1v) is 8.00. The number of carbonyl (C=O) groups excluding carboxylic acids is 1. The molecule has 120 valence electrons. The SMILES string of the molecule is COc1ccc2nc(NC(=O)c3oc4ccccc4c3N)sc2c1. The third-order valence-corrected chi connectivity index (χ3v) is 4.59. The first-order chi connectivity index (χ1) is 11.7. The molecule has 0 aliphatic carbocycles. The maximum atomic E-state index is 12.5. The van der Waals surface area contributed by atoms with Gasteiger partial charge in [-0.05, 0) is 30.3 Å². The second-order valence-electron chi connectivity index (χ2n) is 5.15. The molecule has 1 amide bonds. The summed E-state index contributed by atoms with van der Waals surface area (Å²) in [6.45, 7) is 0. The minimum Gasteiger partial charge on any atom is -0.497 e. The van der Waals surface area contributed by atoms with Crippen molar-refractivity contribution >= 4 is 49.2 Å². The van der Waals surface area contributed by atoms with E-state index in [4.69, 9.17) is 14.9 Å². The average molecular weight is 339 g/mol. The number of thiazole rings is 1. The van der Waals surface area contributed by atoms with Crippen molar-refractivity contribution in [3.05, 3.63) is 48.2 Å². The predicted molar refractivity (Wildman–Crippen MR) is 94.8 cm³/mol. The maximum Gasteiger partial charge on any atom is 0.295 e. The largest absolute Gasteiger partial charge is 0.497 e. The van der Waals surface area contributed by atoms with Crippen LogP contribution in [0.15, 0.2) is 46.9 Å². The Bertz CT molecular complexity index is 1070.